The van der Waals surface area contributed by atoms with Crippen LogP contribution in [0.2, 0.25) is 0 Å². The molecule has 0 aliphatic carbocycles. The molecule has 0 atom stereocenters. The normalized spacial score (nSPS) is 13.9. The molecule has 3 heterocycles. The molecule has 2 aromatic heterocycles. The zero-order valence-corrected chi connectivity index (χ0v) is 17.6. The van der Waals surface area contributed by atoms with Gasteiger partial charge in [-0.25, -0.2) is 9.97 Å². The molecule has 0 radical (unpaired) electrons. The Morgan fingerprint density at radius 2 is 1.93 bits per heavy atom. The molecule has 1 aliphatic heterocycles. The molecule has 1 N–H and O–H groups in total. The van der Waals surface area contributed by atoms with E-state index in [2.05, 4.69) is 39.6 Å². The minimum atomic E-state index is -0.168. The minimum Gasteiger partial charge on any atom is -0.302 e. The van der Waals surface area contributed by atoms with E-state index >= 15 is 0 Å². The highest BCUT2D eigenvalue weighted by Gasteiger charge is 2.24. The summed E-state index contributed by atoms with van der Waals surface area (Å²) < 4.78 is 0. The molecule has 0 spiro atoms. The number of hydrogen-bond acceptors (Lipinski definition) is 6. The predicted octanol–water partition coefficient (Wildman–Crippen LogP) is 4.73. The van der Waals surface area contributed by atoms with Crippen LogP contribution in [0.5, 0.6) is 0 Å². The summed E-state index contributed by atoms with van der Waals surface area (Å²) in [5, 5.41) is 10.2. The minimum absolute atomic E-state index is 0.101. The number of benzene rings is 2. The molecule has 0 unspecified atom stereocenters. The van der Waals surface area contributed by atoms with E-state index in [1.807, 2.05) is 29.0 Å². The van der Waals surface area contributed by atoms with E-state index in [0.29, 0.717) is 28.9 Å². The quantitative estimate of drug-likeness (QED) is 0.493. The number of carbonyl (C=O) groups excluding carboxylic acids is 2. The van der Waals surface area contributed by atoms with Crippen LogP contribution in [0.15, 0.2) is 53.2 Å². The molecule has 4 aromatic rings. The molecule has 2 amide bonds. The lowest BCUT2D eigenvalue weighted by Crippen LogP contribution is -2.23. The maximum absolute atomic E-state index is 12.4. The summed E-state index contributed by atoms with van der Waals surface area (Å²) in [5.41, 5.74) is 2.52. The zero-order valence-electron chi connectivity index (χ0n) is 16.0. The van der Waals surface area contributed by atoms with Gasteiger partial charge in [-0.15, -0.1) is 22.7 Å². The summed E-state index contributed by atoms with van der Waals surface area (Å²) in [7, 11) is 0. The molecule has 0 bridgehead atoms. The van der Waals surface area contributed by atoms with Gasteiger partial charge in [0.15, 0.2) is 10.3 Å². The monoisotopic (exact) mass is 434 g/mol. The van der Waals surface area contributed by atoms with Crippen molar-refractivity contribution in [1.29, 1.82) is 0 Å². The number of aromatic nitrogens is 2. The van der Waals surface area contributed by atoms with Crippen LogP contribution in [-0.4, -0.2) is 28.3 Å². The number of nitrogens with zero attached hydrogens (tertiary/aromatic N) is 3. The van der Waals surface area contributed by atoms with Crippen molar-refractivity contribution in [3.05, 3.63) is 58.9 Å². The molecule has 1 fully saturated rings. The molecular formula is C22H18N4O2S2. The van der Waals surface area contributed by atoms with Crippen molar-refractivity contribution in [2.75, 3.05) is 16.8 Å². The first-order chi connectivity index (χ1) is 14.7. The Bertz CT molecular complexity index is 1250. The second-order valence-corrected chi connectivity index (χ2v) is 8.79. The third kappa shape index (κ3) is 3.83. The van der Waals surface area contributed by atoms with E-state index in [1.54, 1.807) is 4.90 Å². The van der Waals surface area contributed by atoms with Gasteiger partial charge in [0.2, 0.25) is 11.8 Å². The molecule has 0 saturated carbocycles. The molecule has 150 valence electrons. The number of anilines is 2. The van der Waals surface area contributed by atoms with Gasteiger partial charge < -0.3 is 5.32 Å². The second-order valence-electron chi connectivity index (χ2n) is 7.10. The van der Waals surface area contributed by atoms with Crippen molar-refractivity contribution in [1.82, 2.24) is 9.97 Å². The maximum Gasteiger partial charge on any atom is 0.232 e. The third-order valence-electron chi connectivity index (χ3n) is 4.98. The van der Waals surface area contributed by atoms with Crippen LogP contribution in [0.1, 0.15) is 18.5 Å². The number of amides is 2. The van der Waals surface area contributed by atoms with Crippen LogP contribution in [0.4, 0.5) is 10.3 Å². The Balaban J connectivity index is 1.25. The van der Waals surface area contributed by atoms with Crippen molar-refractivity contribution in [2.24, 2.45) is 0 Å². The van der Waals surface area contributed by atoms with Gasteiger partial charge in [0, 0.05) is 29.3 Å². The van der Waals surface area contributed by atoms with Crippen LogP contribution in [0.3, 0.4) is 0 Å². The zero-order chi connectivity index (χ0) is 20.5. The van der Waals surface area contributed by atoms with Crippen LogP contribution in [-0.2, 0) is 16.0 Å². The summed E-state index contributed by atoms with van der Waals surface area (Å²) in [6.45, 7) is 0.703. The van der Waals surface area contributed by atoms with Gasteiger partial charge in [-0.3, -0.25) is 14.5 Å². The first-order valence-electron chi connectivity index (χ1n) is 9.65. The number of fused-ring (bicyclic) bond motifs is 1. The summed E-state index contributed by atoms with van der Waals surface area (Å²) >= 11 is 2.80. The number of hydrogen-bond donors (Lipinski definition) is 1. The lowest BCUT2D eigenvalue weighted by molar-refractivity contribution is -0.117. The Morgan fingerprint density at radius 1 is 1.07 bits per heavy atom. The Morgan fingerprint density at radius 3 is 2.77 bits per heavy atom. The molecule has 1 aliphatic rings. The highest BCUT2D eigenvalue weighted by molar-refractivity contribution is 7.14. The van der Waals surface area contributed by atoms with Crippen LogP contribution < -0.4 is 10.2 Å². The van der Waals surface area contributed by atoms with Crippen LogP contribution in [0, 0.1) is 0 Å². The molecule has 2 aromatic carbocycles. The van der Waals surface area contributed by atoms with Gasteiger partial charge in [-0.05, 0) is 23.3 Å². The predicted molar refractivity (Wildman–Crippen MR) is 121 cm³/mol. The molecule has 30 heavy (non-hydrogen) atoms. The second kappa shape index (κ2) is 7.97. The standard InChI is InChI=1S/C22H18N4O2S2/c27-19(11-17-12-30-22(23-17)26-9-3-6-20(26)28)25-21-24-18(13-29-21)16-8-7-14-4-1-2-5-15(14)10-16/h1-2,4-5,7-8,10,12-13H,3,6,9,11H2,(H,24,25,27). The van der Waals surface area contributed by atoms with Gasteiger partial charge in [0.1, 0.15) is 0 Å². The first-order valence-corrected chi connectivity index (χ1v) is 11.4. The van der Waals surface area contributed by atoms with Gasteiger partial charge in [-0.1, -0.05) is 36.4 Å². The fourth-order valence-electron chi connectivity index (χ4n) is 3.49. The largest absolute Gasteiger partial charge is 0.302 e. The number of nitrogens with one attached hydrogen (secondary N) is 1. The Hall–Kier alpha value is -3.10. The maximum atomic E-state index is 12.4. The van der Waals surface area contributed by atoms with Crippen molar-refractivity contribution in [3.63, 3.8) is 0 Å². The average Bonchev–Trinajstić information content (AvgIpc) is 3.49. The van der Waals surface area contributed by atoms with Crippen LogP contribution >= 0.6 is 22.7 Å². The Kier molecular flexibility index (Phi) is 5.02. The summed E-state index contributed by atoms with van der Waals surface area (Å²) in [6, 6.07) is 14.4. The van der Waals surface area contributed by atoms with E-state index in [0.717, 1.165) is 23.1 Å². The first kappa shape index (κ1) is 18.9. The van der Waals surface area contributed by atoms with Gasteiger partial charge in [0.05, 0.1) is 17.8 Å². The number of thiazole rings is 2. The topological polar surface area (TPSA) is 75.2 Å². The molecule has 8 heteroatoms. The smallest absolute Gasteiger partial charge is 0.232 e. The summed E-state index contributed by atoms with van der Waals surface area (Å²) in [5.74, 6) is -0.0663. The lowest BCUT2D eigenvalue weighted by atomic mass is 10.1. The van der Waals surface area contributed by atoms with Crippen molar-refractivity contribution < 1.29 is 9.59 Å². The van der Waals surface area contributed by atoms with Gasteiger partial charge >= 0.3 is 0 Å². The fourth-order valence-corrected chi connectivity index (χ4v) is 5.10. The van der Waals surface area contributed by atoms with Crippen molar-refractivity contribution in [2.45, 2.75) is 19.3 Å². The summed E-state index contributed by atoms with van der Waals surface area (Å²) in [6.07, 6.45) is 1.58. The third-order valence-corrected chi connectivity index (χ3v) is 6.65. The molecular weight excluding hydrogens is 416 g/mol. The average molecular weight is 435 g/mol. The fraction of sp³-hybridized carbons (Fsp3) is 0.182. The van der Waals surface area contributed by atoms with Crippen molar-refractivity contribution in [3.8, 4) is 11.3 Å². The Labute approximate surface area is 181 Å². The number of carbonyl (C=O) groups is 2. The van der Waals surface area contributed by atoms with Gasteiger partial charge in [-0.2, -0.15) is 0 Å². The molecule has 6 nitrogen and oxygen atoms in total. The SMILES string of the molecule is O=C(Cc1csc(N2CCCC2=O)n1)Nc1nc(-c2ccc3ccccc3c2)cs1. The lowest BCUT2D eigenvalue weighted by Gasteiger charge is -2.10. The van der Waals surface area contributed by atoms with Gasteiger partial charge in [0.25, 0.3) is 0 Å². The summed E-state index contributed by atoms with van der Waals surface area (Å²) in [4.78, 5) is 35.0. The molecule has 5 rings (SSSR count). The van der Waals surface area contributed by atoms with Crippen molar-refractivity contribution >= 4 is 55.5 Å². The number of rotatable bonds is 5. The van der Waals surface area contributed by atoms with E-state index in [9.17, 15) is 9.59 Å². The van der Waals surface area contributed by atoms with E-state index in [4.69, 9.17) is 0 Å². The molecule has 1 saturated heterocycles. The van der Waals surface area contributed by atoms with Crippen LogP contribution in [0.25, 0.3) is 22.0 Å². The van der Waals surface area contributed by atoms with E-state index in [1.165, 1.54) is 28.1 Å². The van der Waals surface area contributed by atoms with E-state index in [-0.39, 0.29) is 18.2 Å². The highest BCUT2D eigenvalue weighted by atomic mass is 32.1. The highest BCUT2D eigenvalue weighted by Crippen LogP contribution is 2.28. The van der Waals surface area contributed by atoms with E-state index < -0.39 is 0 Å².